The minimum atomic E-state index is -0.812. The fourth-order valence-electron chi connectivity index (χ4n) is 2.07. The molecule has 16 heavy (non-hydrogen) atoms. The van der Waals surface area contributed by atoms with E-state index in [1.54, 1.807) is 0 Å². The second-order valence-corrected chi connectivity index (χ2v) is 4.78. The van der Waals surface area contributed by atoms with Crippen LogP contribution in [0.5, 0.6) is 0 Å². The van der Waals surface area contributed by atoms with Gasteiger partial charge in [-0.3, -0.25) is 4.79 Å². The highest BCUT2D eigenvalue weighted by molar-refractivity contribution is 5.69. The van der Waals surface area contributed by atoms with Gasteiger partial charge in [0.15, 0.2) is 0 Å². The summed E-state index contributed by atoms with van der Waals surface area (Å²) in [5.74, 6) is 0.435. The van der Waals surface area contributed by atoms with E-state index in [2.05, 4.69) is 18.8 Å². The molecule has 0 bridgehead atoms. The highest BCUT2D eigenvalue weighted by Crippen LogP contribution is 2.36. The van der Waals surface area contributed by atoms with Crippen molar-refractivity contribution in [2.75, 3.05) is 0 Å². The molecule has 1 aromatic rings. The van der Waals surface area contributed by atoms with Crippen molar-refractivity contribution >= 4 is 5.97 Å². The largest absolute Gasteiger partial charge is 0.481 e. The van der Waals surface area contributed by atoms with E-state index in [4.69, 9.17) is 5.11 Å². The first-order chi connectivity index (χ1) is 7.58. The van der Waals surface area contributed by atoms with Crippen molar-refractivity contribution in [2.24, 2.45) is 0 Å². The zero-order valence-corrected chi connectivity index (χ0v) is 9.81. The smallest absolute Gasteiger partial charge is 0.311 e. The topological polar surface area (TPSA) is 55.1 Å². The van der Waals surface area contributed by atoms with Crippen LogP contribution in [0.3, 0.4) is 0 Å². The Kier molecular flexibility index (Phi) is 2.99. The number of carboxylic acids is 1. The van der Waals surface area contributed by atoms with E-state index in [0.29, 0.717) is 11.7 Å². The number of hydrogen-bond donors (Lipinski definition) is 1. The maximum absolute atomic E-state index is 10.8. The number of aliphatic carboxylic acids is 1. The van der Waals surface area contributed by atoms with Crippen LogP contribution in [0.25, 0.3) is 0 Å². The molecule has 0 amide bonds. The van der Waals surface area contributed by atoms with Crippen LogP contribution in [0.15, 0.2) is 6.20 Å². The molecule has 1 heterocycles. The predicted molar refractivity (Wildman–Crippen MR) is 60.5 cm³/mol. The Morgan fingerprint density at radius 3 is 2.75 bits per heavy atom. The van der Waals surface area contributed by atoms with Crippen molar-refractivity contribution in [3.63, 3.8) is 0 Å². The Labute approximate surface area is 95.3 Å². The van der Waals surface area contributed by atoms with Crippen LogP contribution in [0.2, 0.25) is 0 Å². The van der Waals surface area contributed by atoms with Gasteiger partial charge in [-0.2, -0.15) is 0 Å². The summed E-state index contributed by atoms with van der Waals surface area (Å²) >= 11 is 0. The number of hydrogen-bond acceptors (Lipinski definition) is 2. The van der Waals surface area contributed by atoms with Crippen LogP contribution in [-0.2, 0) is 11.2 Å². The lowest BCUT2D eigenvalue weighted by Crippen LogP contribution is -2.10. The third-order valence-corrected chi connectivity index (χ3v) is 3.22. The average molecular weight is 222 g/mol. The van der Waals surface area contributed by atoms with Crippen molar-refractivity contribution in [1.29, 1.82) is 0 Å². The second-order valence-electron chi connectivity index (χ2n) is 4.78. The quantitative estimate of drug-likeness (QED) is 0.850. The normalized spacial score (nSPS) is 16.4. The molecule has 0 saturated heterocycles. The summed E-state index contributed by atoms with van der Waals surface area (Å²) in [4.78, 5) is 15.2. The van der Waals surface area contributed by atoms with E-state index < -0.39 is 5.97 Å². The molecule has 0 aliphatic heterocycles. The molecule has 88 valence electrons. The minimum Gasteiger partial charge on any atom is -0.481 e. The van der Waals surface area contributed by atoms with Crippen LogP contribution in [0.4, 0.5) is 0 Å². The lowest BCUT2D eigenvalue weighted by molar-refractivity contribution is -0.136. The van der Waals surface area contributed by atoms with Gasteiger partial charge in [-0.1, -0.05) is 6.42 Å². The van der Waals surface area contributed by atoms with E-state index in [9.17, 15) is 4.79 Å². The first-order valence-electron chi connectivity index (χ1n) is 5.87. The number of imidazole rings is 1. The summed E-state index contributed by atoms with van der Waals surface area (Å²) < 4.78 is 1.99. The van der Waals surface area contributed by atoms with Crippen LogP contribution in [0, 0.1) is 0 Å². The van der Waals surface area contributed by atoms with Gasteiger partial charge in [0.25, 0.3) is 0 Å². The number of carboxylic acid groups (broad SMARTS) is 1. The maximum atomic E-state index is 10.8. The molecule has 0 unspecified atom stereocenters. The van der Waals surface area contributed by atoms with Gasteiger partial charge >= 0.3 is 5.97 Å². The maximum Gasteiger partial charge on any atom is 0.311 e. The van der Waals surface area contributed by atoms with E-state index in [-0.39, 0.29) is 12.5 Å². The predicted octanol–water partition coefficient (Wildman–Crippen LogP) is 2.36. The Balaban J connectivity index is 2.25. The molecule has 2 rings (SSSR count). The van der Waals surface area contributed by atoms with Crippen molar-refractivity contribution in [3.05, 3.63) is 17.7 Å². The molecule has 1 N–H and O–H groups in total. The second kappa shape index (κ2) is 4.28. The molecule has 0 spiro atoms. The van der Waals surface area contributed by atoms with Gasteiger partial charge in [0.2, 0.25) is 0 Å². The molecule has 0 atom stereocenters. The highest BCUT2D eigenvalue weighted by Gasteiger charge is 2.24. The third kappa shape index (κ3) is 2.10. The van der Waals surface area contributed by atoms with Gasteiger partial charge in [0, 0.05) is 18.2 Å². The third-order valence-electron chi connectivity index (χ3n) is 3.22. The van der Waals surface area contributed by atoms with Crippen molar-refractivity contribution < 1.29 is 9.90 Å². The van der Waals surface area contributed by atoms with Crippen molar-refractivity contribution in [3.8, 4) is 0 Å². The fraction of sp³-hybridized carbons (Fsp3) is 0.667. The molecule has 4 nitrogen and oxygen atoms in total. The summed E-state index contributed by atoms with van der Waals surface area (Å²) in [7, 11) is 0. The molecule has 1 aromatic heterocycles. The fourth-order valence-corrected chi connectivity index (χ4v) is 2.07. The Morgan fingerprint density at radius 2 is 2.31 bits per heavy atom. The van der Waals surface area contributed by atoms with Gasteiger partial charge in [0.05, 0.1) is 5.69 Å². The summed E-state index contributed by atoms with van der Waals surface area (Å²) in [6.45, 7) is 4.11. The SMILES string of the molecule is CC(C)n1cc(C2CCC2)nc1CC(=O)O. The molecule has 1 saturated carbocycles. The molecule has 1 aliphatic carbocycles. The monoisotopic (exact) mass is 222 g/mol. The molecule has 1 aliphatic rings. The average Bonchev–Trinajstić information content (AvgIpc) is 2.44. The van der Waals surface area contributed by atoms with Gasteiger partial charge in [0.1, 0.15) is 12.2 Å². The first kappa shape index (κ1) is 11.2. The molecule has 0 aromatic carbocycles. The van der Waals surface area contributed by atoms with Crippen molar-refractivity contribution in [2.45, 2.75) is 51.5 Å². The zero-order chi connectivity index (χ0) is 11.7. The number of rotatable bonds is 4. The van der Waals surface area contributed by atoms with Crippen LogP contribution >= 0.6 is 0 Å². The van der Waals surface area contributed by atoms with Crippen LogP contribution in [0.1, 0.15) is 56.6 Å². The molecular weight excluding hydrogens is 204 g/mol. The van der Waals surface area contributed by atoms with Gasteiger partial charge in [-0.15, -0.1) is 0 Å². The van der Waals surface area contributed by atoms with E-state index in [0.717, 1.165) is 5.69 Å². The van der Waals surface area contributed by atoms with E-state index in [1.165, 1.54) is 19.3 Å². The minimum absolute atomic E-state index is 0.0187. The Hall–Kier alpha value is -1.32. The number of carbonyl (C=O) groups is 1. The number of aromatic nitrogens is 2. The summed E-state index contributed by atoms with van der Waals surface area (Å²) in [6.07, 6.45) is 5.72. The Bertz CT molecular complexity index is 392. The van der Waals surface area contributed by atoms with Gasteiger partial charge in [-0.25, -0.2) is 4.98 Å². The Morgan fingerprint density at radius 1 is 1.62 bits per heavy atom. The molecule has 4 heteroatoms. The summed E-state index contributed by atoms with van der Waals surface area (Å²) in [6, 6.07) is 0.274. The van der Waals surface area contributed by atoms with E-state index >= 15 is 0 Å². The first-order valence-corrected chi connectivity index (χ1v) is 5.87. The van der Waals surface area contributed by atoms with Crippen molar-refractivity contribution in [1.82, 2.24) is 9.55 Å². The molecular formula is C12H18N2O2. The summed E-state index contributed by atoms with van der Waals surface area (Å²) in [5.41, 5.74) is 1.08. The zero-order valence-electron chi connectivity index (χ0n) is 9.81. The standard InChI is InChI=1S/C12H18N2O2/c1-8(2)14-7-10(9-4-3-5-9)13-11(14)6-12(15)16/h7-9H,3-6H2,1-2H3,(H,15,16). The van der Waals surface area contributed by atoms with Crippen LogP contribution in [-0.4, -0.2) is 20.6 Å². The van der Waals surface area contributed by atoms with Gasteiger partial charge in [-0.05, 0) is 26.7 Å². The lowest BCUT2D eigenvalue weighted by Gasteiger charge is -2.23. The lowest BCUT2D eigenvalue weighted by atomic mass is 9.83. The summed E-state index contributed by atoms with van der Waals surface area (Å²) in [5, 5.41) is 8.84. The number of nitrogens with zero attached hydrogens (tertiary/aromatic N) is 2. The highest BCUT2D eigenvalue weighted by atomic mass is 16.4. The van der Waals surface area contributed by atoms with E-state index in [1.807, 2.05) is 10.8 Å². The van der Waals surface area contributed by atoms with Crippen LogP contribution < -0.4 is 0 Å². The molecule has 0 radical (unpaired) electrons. The van der Waals surface area contributed by atoms with Gasteiger partial charge < -0.3 is 9.67 Å². The molecule has 1 fully saturated rings.